The minimum Gasteiger partial charge on any atom is -0.359 e. The number of rotatable bonds is 2. The molecule has 4 nitrogen and oxygen atoms in total. The van der Waals surface area contributed by atoms with Crippen LogP contribution in [0.1, 0.15) is 18.2 Å². The summed E-state index contributed by atoms with van der Waals surface area (Å²) in [5, 5.41) is 8.28. The molecule has 4 heteroatoms. The van der Waals surface area contributed by atoms with Gasteiger partial charge in [-0.25, -0.2) is 5.32 Å². The summed E-state index contributed by atoms with van der Waals surface area (Å²) < 4.78 is 5.24. The molecule has 3 heterocycles. The van der Waals surface area contributed by atoms with Crippen molar-refractivity contribution in [2.75, 3.05) is 6.54 Å². The highest BCUT2D eigenvalue weighted by atomic mass is 16.5. The topological polar surface area (TPSA) is 53.0 Å². The van der Waals surface area contributed by atoms with Crippen LogP contribution in [0.15, 0.2) is 35.0 Å². The van der Waals surface area contributed by atoms with Crippen molar-refractivity contribution in [2.24, 2.45) is 0 Å². The molecule has 1 aliphatic heterocycles. The lowest BCUT2D eigenvalue weighted by molar-refractivity contribution is 0.276. The van der Waals surface area contributed by atoms with Gasteiger partial charge in [0.2, 0.25) is 0 Å². The van der Waals surface area contributed by atoms with E-state index < -0.39 is 0 Å². The molecule has 1 unspecified atom stereocenters. The van der Waals surface area contributed by atoms with E-state index in [1.54, 1.807) is 6.20 Å². The fraction of sp³-hybridized carbons (Fsp3) is 0.273. The molecule has 15 heavy (non-hydrogen) atoms. The van der Waals surface area contributed by atoms with Crippen LogP contribution in [-0.2, 0) is 0 Å². The van der Waals surface area contributed by atoms with Gasteiger partial charge < -0.3 is 4.52 Å². The van der Waals surface area contributed by atoms with Crippen molar-refractivity contribution in [3.8, 4) is 11.4 Å². The van der Waals surface area contributed by atoms with E-state index in [0.29, 0.717) is 0 Å². The molecule has 0 N–H and O–H groups in total. The molecule has 0 aliphatic carbocycles. The van der Waals surface area contributed by atoms with E-state index in [1.165, 1.54) is 0 Å². The Morgan fingerprint density at radius 2 is 2.20 bits per heavy atom. The van der Waals surface area contributed by atoms with Crippen LogP contribution < -0.4 is 5.32 Å². The van der Waals surface area contributed by atoms with Crippen LogP contribution in [0.25, 0.3) is 11.4 Å². The summed E-state index contributed by atoms with van der Waals surface area (Å²) in [6.45, 7) is 0.935. The van der Waals surface area contributed by atoms with E-state index in [2.05, 4.69) is 15.5 Å². The molecule has 1 aliphatic rings. The van der Waals surface area contributed by atoms with Crippen molar-refractivity contribution in [1.29, 1.82) is 0 Å². The molecular weight excluding hydrogens is 190 g/mol. The molecular formula is C11H10N3O. The number of nitrogens with zero attached hydrogens (tertiary/aromatic N) is 3. The Morgan fingerprint density at radius 1 is 1.27 bits per heavy atom. The summed E-state index contributed by atoms with van der Waals surface area (Å²) in [5.41, 5.74) is 1.62. The second-order valence-corrected chi connectivity index (χ2v) is 3.54. The zero-order valence-electron chi connectivity index (χ0n) is 8.13. The standard InChI is InChI=1S/C11H10N3O/c1-2-5-12-8(3-1)10-7-11(15-14-10)9-4-6-13-9/h1-3,5,7,9H,4,6H2. The van der Waals surface area contributed by atoms with E-state index in [4.69, 9.17) is 4.52 Å². The molecule has 2 aromatic heterocycles. The second-order valence-electron chi connectivity index (χ2n) is 3.54. The van der Waals surface area contributed by atoms with Crippen LogP contribution in [0.2, 0.25) is 0 Å². The Bertz CT molecular complexity index is 448. The molecule has 0 amide bonds. The van der Waals surface area contributed by atoms with Crippen molar-refractivity contribution < 1.29 is 4.52 Å². The van der Waals surface area contributed by atoms with Crippen LogP contribution in [0.4, 0.5) is 0 Å². The lowest BCUT2D eigenvalue weighted by Gasteiger charge is -2.21. The third kappa shape index (κ3) is 1.53. The van der Waals surface area contributed by atoms with Gasteiger partial charge in [-0.2, -0.15) is 0 Å². The normalized spacial score (nSPS) is 19.9. The monoisotopic (exact) mass is 200 g/mol. The van der Waals surface area contributed by atoms with Gasteiger partial charge >= 0.3 is 0 Å². The summed E-state index contributed by atoms with van der Waals surface area (Å²) in [7, 11) is 0. The predicted molar refractivity (Wildman–Crippen MR) is 54.1 cm³/mol. The van der Waals surface area contributed by atoms with Gasteiger partial charge in [-0.3, -0.25) is 4.98 Å². The largest absolute Gasteiger partial charge is 0.359 e. The van der Waals surface area contributed by atoms with Crippen molar-refractivity contribution >= 4 is 0 Å². The third-order valence-electron chi connectivity index (χ3n) is 2.54. The average Bonchev–Trinajstić information content (AvgIpc) is 2.66. The molecule has 0 saturated carbocycles. The van der Waals surface area contributed by atoms with Crippen molar-refractivity contribution in [2.45, 2.75) is 12.5 Å². The highest BCUT2D eigenvalue weighted by Gasteiger charge is 2.24. The number of hydrogen-bond donors (Lipinski definition) is 0. The van der Waals surface area contributed by atoms with Crippen LogP contribution in [0, 0.1) is 0 Å². The van der Waals surface area contributed by atoms with Gasteiger partial charge in [-0.15, -0.1) is 0 Å². The van der Waals surface area contributed by atoms with Crippen LogP contribution >= 0.6 is 0 Å². The Hall–Kier alpha value is -1.68. The molecule has 1 fully saturated rings. The zero-order chi connectivity index (χ0) is 10.1. The first-order valence-corrected chi connectivity index (χ1v) is 4.98. The molecule has 2 aromatic rings. The fourth-order valence-electron chi connectivity index (χ4n) is 1.57. The Kier molecular flexibility index (Phi) is 1.99. The first-order valence-electron chi connectivity index (χ1n) is 4.98. The summed E-state index contributed by atoms with van der Waals surface area (Å²) in [6, 6.07) is 7.88. The van der Waals surface area contributed by atoms with Crippen LogP contribution in [0.5, 0.6) is 0 Å². The smallest absolute Gasteiger partial charge is 0.156 e. The molecule has 0 spiro atoms. The molecule has 1 atom stereocenters. The predicted octanol–water partition coefficient (Wildman–Crippen LogP) is 1.79. The maximum Gasteiger partial charge on any atom is 0.156 e. The first-order chi connectivity index (χ1) is 7.43. The van der Waals surface area contributed by atoms with Gasteiger partial charge in [0.1, 0.15) is 5.69 Å². The lowest BCUT2D eigenvalue weighted by Crippen LogP contribution is -2.27. The number of aromatic nitrogens is 2. The highest BCUT2D eigenvalue weighted by Crippen LogP contribution is 2.27. The van der Waals surface area contributed by atoms with E-state index in [0.717, 1.165) is 30.1 Å². The Morgan fingerprint density at radius 3 is 2.87 bits per heavy atom. The molecule has 75 valence electrons. The molecule has 0 aromatic carbocycles. The quantitative estimate of drug-likeness (QED) is 0.742. The zero-order valence-corrected chi connectivity index (χ0v) is 8.13. The fourth-order valence-corrected chi connectivity index (χ4v) is 1.57. The minimum absolute atomic E-state index is 0.218. The highest BCUT2D eigenvalue weighted by molar-refractivity contribution is 5.53. The molecule has 0 bridgehead atoms. The van der Waals surface area contributed by atoms with E-state index >= 15 is 0 Å². The van der Waals surface area contributed by atoms with E-state index in [9.17, 15) is 0 Å². The second kappa shape index (κ2) is 3.47. The molecule has 1 saturated heterocycles. The average molecular weight is 200 g/mol. The summed E-state index contributed by atoms with van der Waals surface area (Å²) in [6.07, 6.45) is 2.81. The number of pyridine rings is 1. The van der Waals surface area contributed by atoms with Crippen LogP contribution in [0.3, 0.4) is 0 Å². The van der Waals surface area contributed by atoms with Gasteiger partial charge in [0, 0.05) is 18.8 Å². The van der Waals surface area contributed by atoms with Crippen molar-refractivity contribution in [3.63, 3.8) is 0 Å². The maximum atomic E-state index is 5.24. The minimum atomic E-state index is 0.218. The van der Waals surface area contributed by atoms with Gasteiger partial charge in [-0.1, -0.05) is 11.2 Å². The van der Waals surface area contributed by atoms with Gasteiger partial charge in [-0.05, 0) is 18.6 Å². The summed E-state index contributed by atoms with van der Waals surface area (Å²) in [4.78, 5) is 4.21. The van der Waals surface area contributed by atoms with E-state index in [-0.39, 0.29) is 6.04 Å². The third-order valence-corrected chi connectivity index (χ3v) is 2.54. The number of hydrogen-bond acceptors (Lipinski definition) is 3. The Labute approximate surface area is 87.3 Å². The van der Waals surface area contributed by atoms with Crippen LogP contribution in [-0.4, -0.2) is 16.7 Å². The Balaban J connectivity index is 1.90. The molecule has 3 rings (SSSR count). The van der Waals surface area contributed by atoms with Gasteiger partial charge in [0.15, 0.2) is 5.76 Å². The van der Waals surface area contributed by atoms with Gasteiger partial charge in [0.25, 0.3) is 0 Å². The first kappa shape index (κ1) is 8.61. The lowest BCUT2D eigenvalue weighted by atomic mass is 10.0. The summed E-state index contributed by atoms with van der Waals surface area (Å²) in [5.74, 6) is 0.849. The van der Waals surface area contributed by atoms with Crippen molar-refractivity contribution in [1.82, 2.24) is 15.5 Å². The van der Waals surface area contributed by atoms with Crippen molar-refractivity contribution in [3.05, 3.63) is 36.2 Å². The van der Waals surface area contributed by atoms with Gasteiger partial charge in [0.05, 0.1) is 11.7 Å². The SMILES string of the molecule is c1ccc(-c2cc(C3CC[N]3)on2)nc1. The molecule has 1 radical (unpaired) electrons. The maximum absolute atomic E-state index is 5.24. The van der Waals surface area contributed by atoms with E-state index in [1.807, 2.05) is 24.3 Å². The summed E-state index contributed by atoms with van der Waals surface area (Å²) >= 11 is 0.